The highest BCUT2D eigenvalue weighted by Crippen LogP contribution is 2.27. The third kappa shape index (κ3) is 5.11. The summed E-state index contributed by atoms with van der Waals surface area (Å²) in [5, 5.41) is 18.6. The maximum absolute atomic E-state index is 12.3. The van der Waals surface area contributed by atoms with Crippen molar-refractivity contribution >= 4 is 27.4 Å². The van der Waals surface area contributed by atoms with Crippen molar-refractivity contribution in [1.82, 2.24) is 4.90 Å². The van der Waals surface area contributed by atoms with Gasteiger partial charge in [0.15, 0.2) is 0 Å². The zero-order valence-corrected chi connectivity index (χ0v) is 14.5. The van der Waals surface area contributed by atoms with Crippen molar-refractivity contribution in [3.05, 3.63) is 28.3 Å². The van der Waals surface area contributed by atoms with Gasteiger partial charge in [0.25, 0.3) is 5.69 Å². The molecule has 0 atom stereocenters. The minimum Gasteiger partial charge on any atom is -0.381 e. The van der Waals surface area contributed by atoms with Crippen molar-refractivity contribution in [1.29, 1.82) is 0 Å². The van der Waals surface area contributed by atoms with Gasteiger partial charge in [-0.15, -0.1) is 0 Å². The lowest BCUT2D eigenvalue weighted by Gasteiger charge is -2.27. The summed E-state index contributed by atoms with van der Waals surface area (Å²) in [6.45, 7) is 1.81. The number of nitrogens with two attached hydrogens (primary N) is 1. The van der Waals surface area contributed by atoms with Crippen LogP contribution in [0.2, 0.25) is 0 Å². The van der Waals surface area contributed by atoms with E-state index in [2.05, 4.69) is 5.32 Å². The first kappa shape index (κ1) is 19.1. The molecule has 1 saturated heterocycles. The van der Waals surface area contributed by atoms with Crippen molar-refractivity contribution < 1.29 is 22.9 Å². The van der Waals surface area contributed by atoms with Crippen LogP contribution >= 0.6 is 0 Å². The number of carbonyl (C=O) groups is 1. The van der Waals surface area contributed by atoms with Gasteiger partial charge >= 0.3 is 6.03 Å². The van der Waals surface area contributed by atoms with Crippen LogP contribution in [0.1, 0.15) is 12.8 Å². The highest BCUT2D eigenvalue weighted by Gasteiger charge is 2.23. The molecule has 0 radical (unpaired) electrons. The second-order valence-electron chi connectivity index (χ2n) is 5.85. The van der Waals surface area contributed by atoms with Crippen LogP contribution in [-0.2, 0) is 14.8 Å². The van der Waals surface area contributed by atoms with Crippen molar-refractivity contribution in [2.75, 3.05) is 32.1 Å². The molecule has 0 saturated carbocycles. The third-order valence-corrected chi connectivity index (χ3v) is 4.87. The van der Waals surface area contributed by atoms with Crippen LogP contribution in [0.4, 0.5) is 16.2 Å². The maximum Gasteiger partial charge on any atom is 0.321 e. The molecule has 25 heavy (non-hydrogen) atoms. The number of nitrogens with zero attached hydrogens (tertiary/aromatic N) is 2. The minimum absolute atomic E-state index is 0.0961. The zero-order valence-electron chi connectivity index (χ0n) is 13.7. The maximum atomic E-state index is 12.3. The summed E-state index contributed by atoms with van der Waals surface area (Å²) in [5.41, 5.74) is -0.638. The Morgan fingerprint density at radius 2 is 2.08 bits per heavy atom. The Morgan fingerprint density at radius 3 is 2.64 bits per heavy atom. The lowest BCUT2D eigenvalue weighted by Crippen LogP contribution is -2.37. The number of carbonyl (C=O) groups excluding carboxylic acids is 1. The molecule has 1 aromatic carbocycles. The first-order chi connectivity index (χ1) is 11.7. The third-order valence-electron chi connectivity index (χ3n) is 3.96. The lowest BCUT2D eigenvalue weighted by molar-refractivity contribution is -0.384. The summed E-state index contributed by atoms with van der Waals surface area (Å²) in [6.07, 6.45) is 1.70. The number of nitrogens with one attached hydrogen (secondary N) is 1. The fourth-order valence-electron chi connectivity index (χ4n) is 2.56. The molecule has 0 aromatic heterocycles. The molecule has 2 amide bonds. The van der Waals surface area contributed by atoms with Crippen LogP contribution in [0.5, 0.6) is 0 Å². The summed E-state index contributed by atoms with van der Waals surface area (Å²) < 4.78 is 27.9. The summed E-state index contributed by atoms with van der Waals surface area (Å²) in [4.78, 5) is 23.7. The molecule has 3 N–H and O–H groups in total. The number of hydrogen-bond acceptors (Lipinski definition) is 6. The van der Waals surface area contributed by atoms with Crippen LogP contribution < -0.4 is 10.5 Å². The van der Waals surface area contributed by atoms with E-state index in [9.17, 15) is 23.3 Å². The Hall–Kier alpha value is -2.24. The number of nitro benzene ring substituents is 1. The highest BCUT2D eigenvalue weighted by atomic mass is 32.2. The number of ether oxygens (including phenoxy) is 1. The SMILES string of the molecule is CN(CC1CCOCC1)C(=O)Nc1ccc(S(N)(=O)=O)cc1[N+](=O)[O-]. The number of nitro groups is 1. The number of hydrogen-bond donors (Lipinski definition) is 2. The van der Waals surface area contributed by atoms with Gasteiger partial charge in [0.2, 0.25) is 10.0 Å². The molecular formula is C14H20N4O6S. The number of benzene rings is 1. The van der Waals surface area contributed by atoms with Gasteiger partial charge in [0.1, 0.15) is 5.69 Å². The summed E-state index contributed by atoms with van der Waals surface area (Å²) >= 11 is 0. The second-order valence-corrected chi connectivity index (χ2v) is 7.41. The van der Waals surface area contributed by atoms with Gasteiger partial charge in [-0.25, -0.2) is 18.4 Å². The number of amides is 2. The van der Waals surface area contributed by atoms with E-state index in [0.29, 0.717) is 25.7 Å². The number of rotatable bonds is 5. The number of primary sulfonamides is 1. The largest absolute Gasteiger partial charge is 0.381 e. The van der Waals surface area contributed by atoms with E-state index < -0.39 is 31.6 Å². The Labute approximate surface area is 145 Å². The molecule has 1 heterocycles. The van der Waals surface area contributed by atoms with Gasteiger partial charge in [0, 0.05) is 32.9 Å². The van der Waals surface area contributed by atoms with Crippen LogP contribution in [0, 0.1) is 16.0 Å². The molecule has 1 aromatic rings. The van der Waals surface area contributed by atoms with Gasteiger partial charge in [0.05, 0.1) is 9.82 Å². The Bertz CT molecular complexity index is 761. The van der Waals surface area contributed by atoms with Gasteiger partial charge < -0.3 is 15.0 Å². The number of sulfonamides is 1. The molecule has 0 spiro atoms. The molecule has 1 fully saturated rings. The predicted molar refractivity (Wildman–Crippen MR) is 89.7 cm³/mol. The van der Waals surface area contributed by atoms with Crippen LogP contribution in [0.25, 0.3) is 0 Å². The Balaban J connectivity index is 2.12. The molecular weight excluding hydrogens is 352 g/mol. The second kappa shape index (κ2) is 7.76. The van der Waals surface area contributed by atoms with Crippen molar-refractivity contribution in [2.45, 2.75) is 17.7 Å². The van der Waals surface area contributed by atoms with E-state index in [1.165, 1.54) is 4.90 Å². The van der Waals surface area contributed by atoms with E-state index in [1.807, 2.05) is 0 Å². The molecule has 0 unspecified atom stereocenters. The number of urea groups is 1. The van der Waals surface area contributed by atoms with E-state index in [-0.39, 0.29) is 5.69 Å². The van der Waals surface area contributed by atoms with Crippen molar-refractivity contribution in [3.8, 4) is 0 Å². The molecule has 0 aliphatic carbocycles. The predicted octanol–water partition coefficient (Wildman–Crippen LogP) is 1.13. The Morgan fingerprint density at radius 1 is 1.44 bits per heavy atom. The Kier molecular flexibility index (Phi) is 5.93. The standard InChI is InChI=1S/C14H20N4O6S/c1-17(9-10-4-6-24-7-5-10)14(19)16-12-3-2-11(25(15,22)23)8-13(12)18(20)21/h2-3,8,10H,4-7,9H2,1H3,(H,16,19)(H2,15,22,23). The molecule has 0 bridgehead atoms. The zero-order chi connectivity index (χ0) is 18.6. The minimum atomic E-state index is -4.08. The molecule has 1 aliphatic rings. The van der Waals surface area contributed by atoms with E-state index in [0.717, 1.165) is 31.0 Å². The quantitative estimate of drug-likeness (QED) is 0.585. The normalized spacial score (nSPS) is 15.6. The fourth-order valence-corrected chi connectivity index (χ4v) is 3.09. The van der Waals surface area contributed by atoms with Crippen molar-refractivity contribution in [3.63, 3.8) is 0 Å². The smallest absolute Gasteiger partial charge is 0.321 e. The topological polar surface area (TPSA) is 145 Å². The van der Waals surface area contributed by atoms with E-state index in [1.54, 1.807) is 7.05 Å². The number of anilines is 1. The lowest BCUT2D eigenvalue weighted by atomic mass is 10.00. The van der Waals surface area contributed by atoms with Crippen LogP contribution in [0.15, 0.2) is 23.1 Å². The van der Waals surface area contributed by atoms with Crippen molar-refractivity contribution in [2.24, 2.45) is 11.1 Å². The van der Waals surface area contributed by atoms with Gasteiger partial charge in [-0.1, -0.05) is 0 Å². The molecule has 1 aliphatic heterocycles. The molecule has 138 valence electrons. The first-order valence-corrected chi connectivity index (χ1v) is 9.14. The van der Waals surface area contributed by atoms with Gasteiger partial charge in [-0.2, -0.15) is 0 Å². The average molecular weight is 372 g/mol. The molecule has 2 rings (SSSR count). The first-order valence-electron chi connectivity index (χ1n) is 7.59. The van der Waals surface area contributed by atoms with Crippen LogP contribution in [-0.4, -0.2) is 51.1 Å². The summed E-state index contributed by atoms with van der Waals surface area (Å²) in [5.74, 6) is 0.309. The monoisotopic (exact) mass is 372 g/mol. The molecule has 10 nitrogen and oxygen atoms in total. The molecule has 11 heteroatoms. The fraction of sp³-hybridized carbons (Fsp3) is 0.500. The summed E-state index contributed by atoms with van der Waals surface area (Å²) in [6, 6.07) is 2.57. The summed E-state index contributed by atoms with van der Waals surface area (Å²) in [7, 11) is -2.49. The van der Waals surface area contributed by atoms with E-state index >= 15 is 0 Å². The average Bonchev–Trinajstić information content (AvgIpc) is 2.54. The highest BCUT2D eigenvalue weighted by molar-refractivity contribution is 7.89. The van der Waals surface area contributed by atoms with E-state index in [4.69, 9.17) is 9.88 Å². The van der Waals surface area contributed by atoms with Gasteiger partial charge in [-0.3, -0.25) is 10.1 Å². The van der Waals surface area contributed by atoms with Gasteiger partial charge in [-0.05, 0) is 30.9 Å². The van der Waals surface area contributed by atoms with Crippen LogP contribution in [0.3, 0.4) is 0 Å².